The van der Waals surface area contributed by atoms with E-state index in [0.29, 0.717) is 16.4 Å². The van der Waals surface area contributed by atoms with Crippen LogP contribution in [0.1, 0.15) is 22.8 Å². The van der Waals surface area contributed by atoms with Crippen LogP contribution in [0.4, 0.5) is 4.39 Å². The van der Waals surface area contributed by atoms with Crippen molar-refractivity contribution in [3.63, 3.8) is 0 Å². The van der Waals surface area contributed by atoms with Gasteiger partial charge < -0.3 is 4.74 Å². The molecule has 0 aliphatic heterocycles. The highest BCUT2D eigenvalue weighted by atomic mass is 32.2. The molecule has 28 heavy (non-hydrogen) atoms. The third kappa shape index (κ3) is 3.22. The zero-order valence-electron chi connectivity index (χ0n) is 15.6. The summed E-state index contributed by atoms with van der Waals surface area (Å²) in [4.78, 5) is 12.7. The average Bonchev–Trinajstić information content (AvgIpc) is 3.10. The highest BCUT2D eigenvalue weighted by molar-refractivity contribution is 8.00. The van der Waals surface area contributed by atoms with Gasteiger partial charge in [0.1, 0.15) is 11.6 Å². The van der Waals surface area contributed by atoms with Gasteiger partial charge in [0.05, 0.1) is 17.9 Å². The molecule has 2 aromatic heterocycles. The van der Waals surface area contributed by atoms with Gasteiger partial charge in [0.25, 0.3) is 0 Å². The number of aryl methyl sites for hydroxylation is 1. The highest BCUT2D eigenvalue weighted by Crippen LogP contribution is 2.31. The first kappa shape index (κ1) is 18.4. The Morgan fingerprint density at radius 1 is 1.14 bits per heavy atom. The average molecular weight is 395 g/mol. The van der Waals surface area contributed by atoms with E-state index in [0.717, 1.165) is 22.2 Å². The van der Waals surface area contributed by atoms with Crippen molar-refractivity contribution in [2.75, 3.05) is 7.11 Å². The van der Waals surface area contributed by atoms with Gasteiger partial charge >= 0.3 is 0 Å². The number of carbonyl (C=O) groups excluding carboxylic acids is 1. The lowest BCUT2D eigenvalue weighted by molar-refractivity contribution is 0.0994. The molecule has 0 saturated carbocycles. The molecule has 5 nitrogen and oxygen atoms in total. The van der Waals surface area contributed by atoms with Crippen molar-refractivity contribution in [1.29, 1.82) is 0 Å². The Balaban J connectivity index is 1.75. The third-order valence-corrected chi connectivity index (χ3v) is 5.70. The quantitative estimate of drug-likeness (QED) is 0.362. The van der Waals surface area contributed by atoms with Gasteiger partial charge in [-0.15, -0.1) is 10.2 Å². The summed E-state index contributed by atoms with van der Waals surface area (Å²) in [6, 6.07) is 13.4. The standard InChI is InChI=1S/C21H18FN3O2S/c1-12-10-19-23-24-21(25(19)18-11-16(27-3)8-9-17(12)18)28-13(2)20(26)14-4-6-15(22)7-5-14/h4-11,13H,1-3H3. The Morgan fingerprint density at radius 2 is 1.89 bits per heavy atom. The molecule has 0 N–H and O–H groups in total. The number of rotatable bonds is 5. The molecule has 1 atom stereocenters. The van der Waals surface area contributed by atoms with Gasteiger partial charge in [-0.25, -0.2) is 4.39 Å². The second-order valence-electron chi connectivity index (χ2n) is 6.52. The summed E-state index contributed by atoms with van der Waals surface area (Å²) in [6.07, 6.45) is 0. The first-order valence-corrected chi connectivity index (χ1v) is 9.65. The van der Waals surface area contributed by atoms with E-state index in [4.69, 9.17) is 4.74 Å². The lowest BCUT2D eigenvalue weighted by atomic mass is 10.1. The molecule has 0 radical (unpaired) electrons. The molecule has 1 unspecified atom stereocenters. The van der Waals surface area contributed by atoms with Crippen molar-refractivity contribution in [3.05, 3.63) is 65.5 Å². The number of halogens is 1. The number of Topliss-reactive ketones (excluding diaryl/α,β-unsaturated/α-hetero) is 1. The molecule has 4 aromatic rings. The Kier molecular flexibility index (Phi) is 4.77. The summed E-state index contributed by atoms with van der Waals surface area (Å²) in [6.45, 7) is 3.84. The van der Waals surface area contributed by atoms with E-state index in [2.05, 4.69) is 10.2 Å². The largest absolute Gasteiger partial charge is 0.497 e. The van der Waals surface area contributed by atoms with Crippen LogP contribution < -0.4 is 4.74 Å². The van der Waals surface area contributed by atoms with E-state index in [9.17, 15) is 9.18 Å². The van der Waals surface area contributed by atoms with Crippen molar-refractivity contribution in [1.82, 2.24) is 14.6 Å². The fraction of sp³-hybridized carbons (Fsp3) is 0.190. The number of hydrogen-bond donors (Lipinski definition) is 0. The lowest BCUT2D eigenvalue weighted by Gasteiger charge is -2.12. The smallest absolute Gasteiger partial charge is 0.196 e. The Bertz CT molecular complexity index is 1190. The number of thioether (sulfide) groups is 1. The maximum atomic E-state index is 13.1. The van der Waals surface area contributed by atoms with Crippen LogP contribution in [0.2, 0.25) is 0 Å². The second kappa shape index (κ2) is 7.24. The minimum Gasteiger partial charge on any atom is -0.497 e. The molecular formula is C21H18FN3O2S. The summed E-state index contributed by atoms with van der Waals surface area (Å²) in [5, 5.41) is 9.85. The topological polar surface area (TPSA) is 56.5 Å². The van der Waals surface area contributed by atoms with Crippen molar-refractivity contribution >= 4 is 34.1 Å². The van der Waals surface area contributed by atoms with Crippen LogP contribution in [0.3, 0.4) is 0 Å². The zero-order valence-corrected chi connectivity index (χ0v) is 16.5. The van der Waals surface area contributed by atoms with E-state index in [1.807, 2.05) is 42.5 Å². The van der Waals surface area contributed by atoms with E-state index in [1.54, 1.807) is 7.11 Å². The number of ether oxygens (including phenoxy) is 1. The molecule has 0 spiro atoms. The van der Waals surface area contributed by atoms with E-state index < -0.39 is 5.25 Å². The molecule has 0 amide bonds. The van der Waals surface area contributed by atoms with Crippen LogP contribution in [-0.4, -0.2) is 32.7 Å². The molecule has 0 bridgehead atoms. The van der Waals surface area contributed by atoms with Gasteiger partial charge in [-0.2, -0.15) is 0 Å². The summed E-state index contributed by atoms with van der Waals surface area (Å²) in [7, 11) is 1.62. The Labute approximate surface area is 165 Å². The number of methoxy groups -OCH3 is 1. The first-order chi connectivity index (χ1) is 13.5. The normalized spacial score (nSPS) is 12.4. The zero-order chi connectivity index (χ0) is 19.8. The number of nitrogens with zero attached hydrogens (tertiary/aromatic N) is 3. The molecular weight excluding hydrogens is 377 g/mol. The maximum absolute atomic E-state index is 13.1. The second-order valence-corrected chi connectivity index (χ2v) is 7.83. The highest BCUT2D eigenvalue weighted by Gasteiger charge is 2.21. The molecule has 0 aliphatic rings. The predicted molar refractivity (Wildman–Crippen MR) is 108 cm³/mol. The van der Waals surface area contributed by atoms with Gasteiger partial charge in [-0.05, 0) is 61.9 Å². The fourth-order valence-electron chi connectivity index (χ4n) is 3.17. The summed E-state index contributed by atoms with van der Waals surface area (Å²) in [5.41, 5.74) is 3.19. The maximum Gasteiger partial charge on any atom is 0.196 e. The van der Waals surface area contributed by atoms with Gasteiger partial charge in [0.2, 0.25) is 0 Å². The molecule has 142 valence electrons. The fourth-order valence-corrected chi connectivity index (χ4v) is 4.11. The number of benzene rings is 2. The molecule has 2 heterocycles. The first-order valence-electron chi connectivity index (χ1n) is 8.77. The van der Waals surface area contributed by atoms with Crippen LogP contribution in [0.5, 0.6) is 5.75 Å². The van der Waals surface area contributed by atoms with Crippen molar-refractivity contribution in [3.8, 4) is 5.75 Å². The molecule has 4 rings (SSSR count). The monoisotopic (exact) mass is 395 g/mol. The van der Waals surface area contributed by atoms with Gasteiger partial charge in [-0.3, -0.25) is 9.20 Å². The van der Waals surface area contributed by atoms with Crippen LogP contribution in [0, 0.1) is 12.7 Å². The summed E-state index contributed by atoms with van der Waals surface area (Å²) < 4.78 is 20.4. The molecule has 0 saturated heterocycles. The van der Waals surface area contributed by atoms with Crippen molar-refractivity contribution < 1.29 is 13.9 Å². The molecule has 2 aromatic carbocycles. The molecule has 0 fully saturated rings. The van der Waals surface area contributed by atoms with Crippen LogP contribution in [-0.2, 0) is 0 Å². The number of carbonyl (C=O) groups is 1. The number of hydrogen-bond acceptors (Lipinski definition) is 5. The number of pyridine rings is 1. The van der Waals surface area contributed by atoms with Gasteiger partial charge in [0, 0.05) is 17.0 Å². The molecule has 7 heteroatoms. The van der Waals surface area contributed by atoms with Crippen LogP contribution in [0.15, 0.2) is 53.7 Å². The van der Waals surface area contributed by atoms with E-state index in [-0.39, 0.29) is 11.6 Å². The van der Waals surface area contributed by atoms with Crippen molar-refractivity contribution in [2.24, 2.45) is 0 Å². The number of aromatic nitrogens is 3. The van der Waals surface area contributed by atoms with Crippen LogP contribution in [0.25, 0.3) is 16.6 Å². The predicted octanol–water partition coefficient (Wildman–Crippen LogP) is 4.70. The van der Waals surface area contributed by atoms with Crippen LogP contribution >= 0.6 is 11.8 Å². The minimum atomic E-state index is -0.403. The minimum absolute atomic E-state index is 0.0873. The summed E-state index contributed by atoms with van der Waals surface area (Å²) >= 11 is 1.33. The molecule has 0 aliphatic carbocycles. The number of fused-ring (bicyclic) bond motifs is 3. The van der Waals surface area contributed by atoms with Gasteiger partial charge in [-0.1, -0.05) is 11.8 Å². The summed E-state index contributed by atoms with van der Waals surface area (Å²) in [5.74, 6) is 0.284. The van der Waals surface area contributed by atoms with Gasteiger partial charge in [0.15, 0.2) is 16.6 Å². The third-order valence-electron chi connectivity index (χ3n) is 4.65. The number of ketones is 1. The SMILES string of the molecule is COc1ccc2c(C)cc3nnc(SC(C)C(=O)c4ccc(F)cc4)n3c2c1. The van der Waals surface area contributed by atoms with Crippen molar-refractivity contribution in [2.45, 2.75) is 24.3 Å². The van der Waals surface area contributed by atoms with E-state index in [1.165, 1.54) is 36.0 Å². The lowest BCUT2D eigenvalue weighted by Crippen LogP contribution is -2.14. The Morgan fingerprint density at radius 3 is 2.61 bits per heavy atom. The van der Waals surface area contributed by atoms with E-state index >= 15 is 0 Å². The Hall–Kier alpha value is -2.93.